The highest BCUT2D eigenvalue weighted by atomic mass is 32.2. The van der Waals surface area contributed by atoms with Crippen LogP contribution in [-0.2, 0) is 16.6 Å². The topological polar surface area (TPSA) is 65.4 Å². The van der Waals surface area contributed by atoms with Gasteiger partial charge in [-0.3, -0.25) is 14.4 Å². The molecule has 6 heteroatoms. The molecule has 0 aliphatic heterocycles. The molecule has 0 spiro atoms. The predicted molar refractivity (Wildman–Crippen MR) is 134 cm³/mol. The number of ether oxygens (including phenoxy) is 1. The Morgan fingerprint density at radius 2 is 1.65 bits per heavy atom. The molecule has 0 atom stereocenters. The number of ketones is 2. The number of benzene rings is 3. The van der Waals surface area contributed by atoms with Crippen LogP contribution in [0.15, 0.2) is 65.6 Å². The third kappa shape index (κ3) is 3.64. The minimum absolute atomic E-state index is 0.0141. The van der Waals surface area contributed by atoms with Crippen molar-refractivity contribution in [1.82, 2.24) is 4.57 Å². The van der Waals surface area contributed by atoms with Gasteiger partial charge < -0.3 is 9.30 Å². The number of thioether (sulfide) groups is 1. The Balaban J connectivity index is 1.33. The first-order chi connectivity index (χ1) is 16.4. The number of fused-ring (bicyclic) bond motifs is 2. The van der Waals surface area contributed by atoms with Gasteiger partial charge in [0.1, 0.15) is 0 Å². The summed E-state index contributed by atoms with van der Waals surface area (Å²) in [7, 11) is 1.90. The summed E-state index contributed by atoms with van der Waals surface area (Å²) in [5.41, 5.74) is 5.74. The third-order valence-corrected chi connectivity index (χ3v) is 7.54. The highest BCUT2D eigenvalue weighted by Gasteiger charge is 2.25. The highest BCUT2D eigenvalue weighted by Crippen LogP contribution is 2.42. The Morgan fingerprint density at radius 1 is 0.912 bits per heavy atom. The van der Waals surface area contributed by atoms with Gasteiger partial charge in [0.15, 0.2) is 12.4 Å². The average Bonchev–Trinajstić information content (AvgIpc) is 3.11. The van der Waals surface area contributed by atoms with Crippen molar-refractivity contribution in [3.05, 3.63) is 88.7 Å². The van der Waals surface area contributed by atoms with Crippen LogP contribution in [0.2, 0.25) is 0 Å². The second-order valence-electron chi connectivity index (χ2n) is 8.43. The largest absolute Gasteiger partial charge is 0.457 e. The summed E-state index contributed by atoms with van der Waals surface area (Å²) in [5.74, 6) is -0.576. The van der Waals surface area contributed by atoms with Crippen LogP contribution in [0, 0.1) is 13.8 Å². The maximum Gasteiger partial charge on any atom is 0.316 e. The number of carbonyl (C=O) groups excluding carboxylic acids is 3. The third-order valence-electron chi connectivity index (χ3n) is 6.49. The molecule has 1 heterocycles. The molecule has 0 radical (unpaired) electrons. The van der Waals surface area contributed by atoms with Crippen molar-refractivity contribution >= 4 is 40.1 Å². The van der Waals surface area contributed by atoms with E-state index in [0.717, 1.165) is 38.2 Å². The van der Waals surface area contributed by atoms with Gasteiger partial charge in [-0.05, 0) is 42.5 Å². The smallest absolute Gasteiger partial charge is 0.316 e. The summed E-state index contributed by atoms with van der Waals surface area (Å²) in [6.45, 7) is 3.52. The Labute approximate surface area is 201 Å². The Bertz CT molecular complexity index is 1500. The summed E-state index contributed by atoms with van der Waals surface area (Å²) in [4.78, 5) is 38.9. The van der Waals surface area contributed by atoms with Crippen LogP contribution in [0.25, 0.3) is 21.9 Å². The van der Waals surface area contributed by atoms with Crippen LogP contribution in [0.5, 0.6) is 0 Å². The van der Waals surface area contributed by atoms with Crippen LogP contribution in [0.3, 0.4) is 0 Å². The standard InChI is InChI=1S/C28H23NO4S/c1-16-13-23(17(2)29(16)3)24(30)14-33-26(31)15-34-25-12-11-19-18-7-4-5-8-20(18)28(32)22-10-6-9-21(25)27(19)22/h4-13H,14-15H2,1-3H3. The van der Waals surface area contributed by atoms with E-state index in [1.807, 2.05) is 86.1 Å². The summed E-state index contributed by atoms with van der Waals surface area (Å²) in [6, 6.07) is 19.1. The summed E-state index contributed by atoms with van der Waals surface area (Å²) in [6.07, 6.45) is 0. The molecule has 4 aromatic rings. The normalized spacial score (nSPS) is 12.0. The molecule has 5 nitrogen and oxygen atoms in total. The molecule has 0 bridgehead atoms. The SMILES string of the molecule is Cc1cc(C(=O)COC(=O)CSc2ccc3c4c(cccc24)C(=O)c2ccccc2-3)c(C)n1C. The number of hydrogen-bond donors (Lipinski definition) is 0. The molecule has 3 aromatic carbocycles. The molecule has 1 aliphatic rings. The lowest BCUT2D eigenvalue weighted by Crippen LogP contribution is -2.16. The van der Waals surface area contributed by atoms with Gasteiger partial charge in [-0.2, -0.15) is 0 Å². The van der Waals surface area contributed by atoms with Gasteiger partial charge >= 0.3 is 5.97 Å². The molecule has 1 aromatic heterocycles. The van der Waals surface area contributed by atoms with Gasteiger partial charge in [0.05, 0.1) is 5.75 Å². The van der Waals surface area contributed by atoms with Crippen molar-refractivity contribution < 1.29 is 19.1 Å². The molecule has 0 N–H and O–H groups in total. The van der Waals surface area contributed by atoms with E-state index >= 15 is 0 Å². The van der Waals surface area contributed by atoms with E-state index in [4.69, 9.17) is 4.74 Å². The maximum atomic E-state index is 13.1. The van der Waals surface area contributed by atoms with E-state index in [1.54, 1.807) is 0 Å². The first kappa shape index (κ1) is 22.2. The molecule has 0 amide bonds. The van der Waals surface area contributed by atoms with Crippen LogP contribution in [0.1, 0.15) is 37.7 Å². The van der Waals surface area contributed by atoms with Crippen molar-refractivity contribution in [3.8, 4) is 11.1 Å². The number of hydrogen-bond acceptors (Lipinski definition) is 5. The van der Waals surface area contributed by atoms with Crippen molar-refractivity contribution in [3.63, 3.8) is 0 Å². The minimum Gasteiger partial charge on any atom is -0.457 e. The Hall–Kier alpha value is -3.64. The molecular formula is C28H23NO4S. The second-order valence-corrected chi connectivity index (χ2v) is 9.45. The molecule has 5 rings (SSSR count). The van der Waals surface area contributed by atoms with Gasteiger partial charge in [-0.25, -0.2) is 0 Å². The Morgan fingerprint density at radius 3 is 2.38 bits per heavy atom. The first-order valence-electron chi connectivity index (χ1n) is 11.0. The lowest BCUT2D eigenvalue weighted by molar-refractivity contribution is -0.139. The van der Waals surface area contributed by atoms with Crippen LogP contribution >= 0.6 is 11.8 Å². The monoisotopic (exact) mass is 469 g/mol. The van der Waals surface area contributed by atoms with Gasteiger partial charge in [0.2, 0.25) is 5.78 Å². The maximum absolute atomic E-state index is 13.1. The van der Waals surface area contributed by atoms with E-state index < -0.39 is 5.97 Å². The molecule has 0 saturated carbocycles. The lowest BCUT2D eigenvalue weighted by atomic mass is 9.83. The zero-order valence-corrected chi connectivity index (χ0v) is 20.0. The summed E-state index contributed by atoms with van der Waals surface area (Å²) in [5, 5.41) is 1.84. The molecule has 34 heavy (non-hydrogen) atoms. The lowest BCUT2D eigenvalue weighted by Gasteiger charge is -2.21. The second kappa shape index (κ2) is 8.61. The van der Waals surface area contributed by atoms with Crippen molar-refractivity contribution in [1.29, 1.82) is 0 Å². The van der Waals surface area contributed by atoms with Crippen molar-refractivity contribution in [2.24, 2.45) is 7.05 Å². The summed E-state index contributed by atoms with van der Waals surface area (Å²) < 4.78 is 7.20. The number of aromatic nitrogens is 1. The summed E-state index contributed by atoms with van der Waals surface area (Å²) >= 11 is 1.35. The van der Waals surface area contributed by atoms with Crippen molar-refractivity contribution in [2.75, 3.05) is 12.4 Å². The fraction of sp³-hybridized carbons (Fsp3) is 0.179. The zero-order chi connectivity index (χ0) is 24.0. The first-order valence-corrected chi connectivity index (χ1v) is 12.0. The number of esters is 1. The predicted octanol–water partition coefficient (Wildman–Crippen LogP) is 5.52. The quantitative estimate of drug-likeness (QED) is 0.186. The van der Waals surface area contributed by atoms with Crippen LogP contribution in [-0.4, -0.2) is 34.5 Å². The Kier molecular flexibility index (Phi) is 5.62. The van der Waals surface area contributed by atoms with Gasteiger partial charge in [-0.15, -0.1) is 11.8 Å². The van der Waals surface area contributed by atoms with E-state index in [-0.39, 0.29) is 23.9 Å². The van der Waals surface area contributed by atoms with Crippen LogP contribution < -0.4 is 0 Å². The minimum atomic E-state index is -0.453. The number of rotatable bonds is 6. The molecule has 0 fully saturated rings. The van der Waals surface area contributed by atoms with E-state index in [0.29, 0.717) is 16.7 Å². The molecule has 170 valence electrons. The fourth-order valence-corrected chi connectivity index (χ4v) is 5.37. The van der Waals surface area contributed by atoms with Gasteiger partial charge in [0, 0.05) is 45.4 Å². The van der Waals surface area contributed by atoms with Crippen molar-refractivity contribution in [2.45, 2.75) is 18.7 Å². The van der Waals surface area contributed by atoms with E-state index in [2.05, 4.69) is 0 Å². The molecule has 0 saturated heterocycles. The van der Waals surface area contributed by atoms with Gasteiger partial charge in [-0.1, -0.05) is 48.5 Å². The van der Waals surface area contributed by atoms with Gasteiger partial charge in [0.25, 0.3) is 0 Å². The number of Topliss-reactive ketones (excluding diaryl/α,β-unsaturated/α-hetero) is 1. The van der Waals surface area contributed by atoms with Crippen LogP contribution in [0.4, 0.5) is 0 Å². The molecule has 1 aliphatic carbocycles. The number of carbonyl (C=O) groups is 3. The van der Waals surface area contributed by atoms with E-state index in [9.17, 15) is 14.4 Å². The molecule has 0 unspecified atom stereocenters. The fourth-order valence-electron chi connectivity index (χ4n) is 4.52. The zero-order valence-electron chi connectivity index (χ0n) is 19.2. The number of nitrogens with zero attached hydrogens (tertiary/aromatic N) is 1. The number of aryl methyl sites for hydroxylation is 1. The highest BCUT2D eigenvalue weighted by molar-refractivity contribution is 8.00. The molecular weight excluding hydrogens is 446 g/mol. The average molecular weight is 470 g/mol. The van der Waals surface area contributed by atoms with E-state index in [1.165, 1.54) is 11.8 Å².